The summed E-state index contributed by atoms with van der Waals surface area (Å²) in [6, 6.07) is 13.7. The molecule has 1 heterocycles. The molecule has 0 spiro atoms. The fraction of sp³-hybridized carbons (Fsp3) is 0. The van der Waals surface area contributed by atoms with Gasteiger partial charge in [0.05, 0.1) is 0 Å². The van der Waals surface area contributed by atoms with Crippen LogP contribution in [0.25, 0.3) is 6.08 Å². The van der Waals surface area contributed by atoms with Crippen molar-refractivity contribution in [3.05, 3.63) is 102 Å². The van der Waals surface area contributed by atoms with Crippen LogP contribution in [0.4, 0.5) is 0 Å². The van der Waals surface area contributed by atoms with Crippen molar-refractivity contribution in [2.75, 3.05) is 0 Å². The van der Waals surface area contributed by atoms with Crippen molar-refractivity contribution in [2.45, 2.75) is 0 Å². The molecule has 0 saturated heterocycles. The fourth-order valence-electron chi connectivity index (χ4n) is 1.60. The summed E-state index contributed by atoms with van der Waals surface area (Å²) < 4.78 is 0. The first-order valence-corrected chi connectivity index (χ1v) is 6.37. The summed E-state index contributed by atoms with van der Waals surface area (Å²) in [6.45, 7) is 0. The summed E-state index contributed by atoms with van der Waals surface area (Å²) in [5.41, 5.74) is 1.65. The van der Waals surface area contributed by atoms with Crippen LogP contribution in [-0.2, 0) is 17.1 Å². The normalized spacial score (nSPS) is 11.9. The Morgan fingerprint density at radius 1 is 1.10 bits per heavy atom. The van der Waals surface area contributed by atoms with Crippen LogP contribution in [-0.4, -0.2) is 4.98 Å². The number of hydrogen-bond acceptors (Lipinski definition) is 2. The van der Waals surface area contributed by atoms with Crippen molar-refractivity contribution in [1.29, 1.82) is 0 Å². The Morgan fingerprint density at radius 2 is 1.81 bits per heavy atom. The number of nitrogens with zero attached hydrogens (tertiary/aromatic N) is 1. The Labute approximate surface area is 135 Å². The third-order valence-corrected chi connectivity index (χ3v) is 2.61. The monoisotopic (exact) mass is 317 g/mol. The van der Waals surface area contributed by atoms with Crippen LogP contribution in [0.2, 0.25) is 0 Å². The number of pyridine rings is 1. The molecule has 0 saturated carbocycles. The number of hydrogen-bond donors (Lipinski definition) is 0. The minimum atomic E-state index is 0. The number of rotatable bonds is 2. The summed E-state index contributed by atoms with van der Waals surface area (Å²) in [5, 5.41) is 11.6. The Balaban J connectivity index is 0.000000313. The molecule has 0 bridgehead atoms. The zero-order valence-corrected chi connectivity index (χ0v) is 12.5. The molecule has 3 heteroatoms. The van der Waals surface area contributed by atoms with Gasteiger partial charge in [0.15, 0.2) is 0 Å². The van der Waals surface area contributed by atoms with Gasteiger partial charge in [0.1, 0.15) is 0 Å². The second kappa shape index (κ2) is 9.65. The largest absolute Gasteiger partial charge is 2.00 e. The molecule has 0 unspecified atom stereocenters. The summed E-state index contributed by atoms with van der Waals surface area (Å²) in [7, 11) is 0. The third-order valence-electron chi connectivity index (χ3n) is 2.61. The van der Waals surface area contributed by atoms with E-state index < -0.39 is 0 Å². The number of allylic oxidation sites excluding steroid dienone is 6. The molecule has 0 amide bonds. The average Bonchev–Trinajstić information content (AvgIpc) is 3.20. The van der Waals surface area contributed by atoms with Crippen LogP contribution in [0.1, 0.15) is 5.56 Å². The van der Waals surface area contributed by atoms with Gasteiger partial charge in [-0.25, -0.2) is 12.1 Å². The van der Waals surface area contributed by atoms with E-state index in [0.29, 0.717) is 0 Å². The average molecular weight is 317 g/mol. The van der Waals surface area contributed by atoms with Gasteiger partial charge >= 0.3 is 17.1 Å². The SMILES string of the molecule is [Fe+2].[O-]C(/C=C/c1cccnc1)=C1C=CC=C1.c1cc[cH-]c1. The molecule has 0 aliphatic heterocycles. The quantitative estimate of drug-likeness (QED) is 0.484. The molecule has 0 radical (unpaired) electrons. The second-order valence-electron chi connectivity index (χ2n) is 4.12. The first kappa shape index (κ1) is 16.8. The minimum absolute atomic E-state index is 0. The first-order chi connectivity index (χ1) is 9.86. The molecule has 0 fully saturated rings. The molecule has 0 N–H and O–H groups in total. The van der Waals surface area contributed by atoms with E-state index in [2.05, 4.69) is 4.98 Å². The Kier molecular flexibility index (Phi) is 7.73. The van der Waals surface area contributed by atoms with Gasteiger partial charge in [0.2, 0.25) is 0 Å². The van der Waals surface area contributed by atoms with Crippen LogP contribution in [0, 0.1) is 0 Å². The van der Waals surface area contributed by atoms with Crippen molar-refractivity contribution < 1.29 is 22.2 Å². The van der Waals surface area contributed by atoms with Gasteiger partial charge in [-0.15, -0.1) is 5.76 Å². The molecule has 1 aliphatic rings. The van der Waals surface area contributed by atoms with Gasteiger partial charge in [0, 0.05) is 12.4 Å². The summed E-state index contributed by atoms with van der Waals surface area (Å²) in [4.78, 5) is 3.96. The van der Waals surface area contributed by atoms with Gasteiger partial charge in [0.25, 0.3) is 0 Å². The third kappa shape index (κ3) is 6.17. The fourth-order valence-corrected chi connectivity index (χ4v) is 1.60. The standard InChI is InChI=1S/C13H11NO.C5H5.Fe/c15-13(12-5-1-2-6-12)8-7-11-4-3-9-14-10-11;1-2-4-5-3-1;/h1-10,15H;1-5H;/q;-1;+2/p-1/b8-7+;;. The zero-order valence-electron chi connectivity index (χ0n) is 11.4. The predicted molar refractivity (Wildman–Crippen MR) is 80.6 cm³/mol. The van der Waals surface area contributed by atoms with Crippen molar-refractivity contribution in [1.82, 2.24) is 4.98 Å². The van der Waals surface area contributed by atoms with Gasteiger partial charge in [-0.1, -0.05) is 42.5 Å². The van der Waals surface area contributed by atoms with Crippen LogP contribution in [0.3, 0.4) is 0 Å². The van der Waals surface area contributed by atoms with Crippen LogP contribution in [0.15, 0.2) is 96.6 Å². The van der Waals surface area contributed by atoms with Gasteiger partial charge in [-0.05, 0) is 17.2 Å². The van der Waals surface area contributed by atoms with Gasteiger partial charge in [-0.3, -0.25) is 4.98 Å². The second-order valence-corrected chi connectivity index (χ2v) is 4.12. The van der Waals surface area contributed by atoms with E-state index in [9.17, 15) is 5.11 Å². The van der Waals surface area contributed by atoms with Crippen molar-refractivity contribution >= 4 is 6.08 Å². The maximum Gasteiger partial charge on any atom is 2.00 e. The molecule has 1 aromatic carbocycles. The predicted octanol–water partition coefficient (Wildman–Crippen LogP) is 3.24. The summed E-state index contributed by atoms with van der Waals surface area (Å²) in [5.74, 6) is 0.0175. The van der Waals surface area contributed by atoms with E-state index in [0.717, 1.165) is 11.1 Å². The molecule has 1 aliphatic carbocycles. The van der Waals surface area contributed by atoms with Crippen LogP contribution < -0.4 is 5.11 Å². The molecular formula is C18H15FeNO. The van der Waals surface area contributed by atoms with Crippen LogP contribution in [0.5, 0.6) is 0 Å². The maximum atomic E-state index is 11.6. The molecule has 0 atom stereocenters. The molecule has 3 rings (SSSR count). The Hall–Kier alpha value is -2.22. The Morgan fingerprint density at radius 3 is 2.33 bits per heavy atom. The van der Waals surface area contributed by atoms with Gasteiger partial charge in [-0.2, -0.15) is 18.2 Å². The van der Waals surface area contributed by atoms with E-state index in [1.807, 2.05) is 54.6 Å². The smallest absolute Gasteiger partial charge is 0.872 e. The van der Waals surface area contributed by atoms with E-state index in [4.69, 9.17) is 0 Å². The molecule has 2 aromatic rings. The molecule has 2 nitrogen and oxygen atoms in total. The zero-order chi connectivity index (χ0) is 14.0. The van der Waals surface area contributed by atoms with Crippen molar-refractivity contribution in [3.63, 3.8) is 0 Å². The van der Waals surface area contributed by atoms with E-state index in [1.54, 1.807) is 36.7 Å². The maximum absolute atomic E-state index is 11.6. The van der Waals surface area contributed by atoms with Crippen molar-refractivity contribution in [3.8, 4) is 0 Å². The Bertz CT molecular complexity index is 591. The number of aromatic nitrogens is 1. The molecule has 21 heavy (non-hydrogen) atoms. The van der Waals surface area contributed by atoms with Crippen LogP contribution >= 0.6 is 0 Å². The minimum Gasteiger partial charge on any atom is -0.872 e. The van der Waals surface area contributed by atoms with E-state index in [-0.39, 0.29) is 22.8 Å². The topological polar surface area (TPSA) is 36.0 Å². The summed E-state index contributed by atoms with van der Waals surface area (Å²) in [6.07, 6.45) is 14.1. The molecule has 1 aromatic heterocycles. The van der Waals surface area contributed by atoms with E-state index >= 15 is 0 Å². The first-order valence-electron chi connectivity index (χ1n) is 6.37. The van der Waals surface area contributed by atoms with E-state index in [1.165, 1.54) is 0 Å². The van der Waals surface area contributed by atoms with Crippen molar-refractivity contribution in [2.24, 2.45) is 0 Å². The summed E-state index contributed by atoms with van der Waals surface area (Å²) >= 11 is 0. The molecular weight excluding hydrogens is 302 g/mol. The van der Waals surface area contributed by atoms with Gasteiger partial charge < -0.3 is 5.11 Å². The molecule has 106 valence electrons.